The lowest BCUT2D eigenvalue weighted by Crippen LogP contribution is -2.54. The molecule has 0 saturated carbocycles. The molecule has 5 nitrogen and oxygen atoms in total. The van der Waals surface area contributed by atoms with E-state index in [1.165, 1.54) is 0 Å². The van der Waals surface area contributed by atoms with Crippen LogP contribution in [0.3, 0.4) is 0 Å². The van der Waals surface area contributed by atoms with E-state index in [9.17, 15) is 9.59 Å². The largest absolute Gasteiger partial charge is 0.481 e. The van der Waals surface area contributed by atoms with E-state index in [1.807, 2.05) is 19.9 Å². The van der Waals surface area contributed by atoms with Gasteiger partial charge in [-0.15, -0.1) is 0 Å². The minimum absolute atomic E-state index is 0.00778. The first-order valence-electron chi connectivity index (χ1n) is 7.10. The topological polar surface area (TPSA) is 75.6 Å². The summed E-state index contributed by atoms with van der Waals surface area (Å²) in [5.41, 5.74) is -0.498. The van der Waals surface area contributed by atoms with Crippen molar-refractivity contribution in [3.8, 4) is 0 Å². The van der Waals surface area contributed by atoms with Gasteiger partial charge in [-0.25, -0.2) is 0 Å². The number of carbonyl (C=O) groups excluding carboxylic acids is 1. The molecule has 5 heteroatoms. The molecule has 1 amide bonds. The summed E-state index contributed by atoms with van der Waals surface area (Å²) in [5, 5.41) is 11.5. The van der Waals surface area contributed by atoms with Crippen LogP contribution < -0.4 is 5.32 Å². The SMILES string of the molecule is CC/C=C\CC(OC)C(C)(CC)NC(=O)CCC(=O)O. The molecule has 0 spiro atoms. The van der Waals surface area contributed by atoms with Gasteiger partial charge in [-0.1, -0.05) is 26.0 Å². The summed E-state index contributed by atoms with van der Waals surface area (Å²) in [6, 6.07) is 0. The second-order valence-electron chi connectivity index (χ2n) is 5.05. The third-order valence-corrected chi connectivity index (χ3v) is 3.47. The molecule has 0 aromatic carbocycles. The van der Waals surface area contributed by atoms with Crippen molar-refractivity contribution < 1.29 is 19.4 Å². The van der Waals surface area contributed by atoms with Crippen molar-refractivity contribution in [3.63, 3.8) is 0 Å². The maximum Gasteiger partial charge on any atom is 0.303 e. The minimum atomic E-state index is -0.965. The molecule has 0 aromatic heterocycles. The monoisotopic (exact) mass is 285 g/mol. The molecular formula is C15H27NO4. The second kappa shape index (κ2) is 9.53. The summed E-state index contributed by atoms with van der Waals surface area (Å²) in [6.07, 6.45) is 6.21. The smallest absolute Gasteiger partial charge is 0.303 e. The van der Waals surface area contributed by atoms with Crippen molar-refractivity contribution in [1.29, 1.82) is 0 Å². The first-order chi connectivity index (χ1) is 9.39. The number of methoxy groups -OCH3 is 1. The van der Waals surface area contributed by atoms with Gasteiger partial charge in [-0.2, -0.15) is 0 Å². The fraction of sp³-hybridized carbons (Fsp3) is 0.733. The van der Waals surface area contributed by atoms with Crippen LogP contribution in [0.4, 0.5) is 0 Å². The van der Waals surface area contributed by atoms with E-state index in [2.05, 4.69) is 18.3 Å². The number of rotatable bonds is 10. The molecule has 0 radical (unpaired) electrons. The molecule has 20 heavy (non-hydrogen) atoms. The number of carbonyl (C=O) groups is 2. The fourth-order valence-corrected chi connectivity index (χ4v) is 2.00. The molecule has 0 aliphatic rings. The van der Waals surface area contributed by atoms with Crippen LogP contribution in [-0.4, -0.2) is 35.7 Å². The number of nitrogens with one attached hydrogen (secondary N) is 1. The average molecular weight is 285 g/mol. The van der Waals surface area contributed by atoms with Crippen molar-refractivity contribution in [1.82, 2.24) is 5.32 Å². The molecule has 0 aliphatic heterocycles. The number of carboxylic acids is 1. The van der Waals surface area contributed by atoms with Gasteiger partial charge >= 0.3 is 5.97 Å². The van der Waals surface area contributed by atoms with E-state index < -0.39 is 11.5 Å². The van der Waals surface area contributed by atoms with Crippen molar-refractivity contribution in [3.05, 3.63) is 12.2 Å². The first kappa shape index (κ1) is 18.6. The number of hydrogen-bond donors (Lipinski definition) is 2. The van der Waals surface area contributed by atoms with Gasteiger partial charge in [0.1, 0.15) is 0 Å². The highest BCUT2D eigenvalue weighted by molar-refractivity contribution is 5.81. The molecular weight excluding hydrogens is 258 g/mol. The molecule has 0 saturated heterocycles. The minimum Gasteiger partial charge on any atom is -0.481 e. The Morgan fingerprint density at radius 3 is 2.40 bits per heavy atom. The standard InChI is InChI=1S/C15H27NO4/c1-5-7-8-9-12(20-4)15(3,6-2)16-13(17)10-11-14(18)19/h7-8,12H,5-6,9-11H2,1-4H3,(H,16,17)(H,18,19)/b8-7-. The lowest BCUT2D eigenvalue weighted by atomic mass is 9.88. The third-order valence-electron chi connectivity index (χ3n) is 3.47. The van der Waals surface area contributed by atoms with Crippen LogP contribution in [0, 0.1) is 0 Å². The Hall–Kier alpha value is -1.36. The highest BCUT2D eigenvalue weighted by atomic mass is 16.5. The molecule has 0 aliphatic carbocycles. The predicted octanol–water partition coefficient (Wildman–Crippen LogP) is 2.51. The first-order valence-corrected chi connectivity index (χ1v) is 7.10. The molecule has 116 valence electrons. The normalized spacial score (nSPS) is 15.8. The van der Waals surface area contributed by atoms with Crippen LogP contribution >= 0.6 is 0 Å². The van der Waals surface area contributed by atoms with Crippen LogP contribution in [0.5, 0.6) is 0 Å². The fourth-order valence-electron chi connectivity index (χ4n) is 2.00. The molecule has 2 N–H and O–H groups in total. The summed E-state index contributed by atoms with van der Waals surface area (Å²) in [6.45, 7) is 5.97. The molecule has 0 fully saturated rings. The highest BCUT2D eigenvalue weighted by Gasteiger charge is 2.33. The summed E-state index contributed by atoms with van der Waals surface area (Å²) >= 11 is 0. The summed E-state index contributed by atoms with van der Waals surface area (Å²) < 4.78 is 5.50. The van der Waals surface area contributed by atoms with E-state index >= 15 is 0 Å². The van der Waals surface area contributed by atoms with Crippen LogP contribution in [-0.2, 0) is 14.3 Å². The lowest BCUT2D eigenvalue weighted by molar-refractivity contribution is -0.139. The van der Waals surface area contributed by atoms with Gasteiger partial charge < -0.3 is 15.2 Å². The quantitative estimate of drug-likeness (QED) is 0.605. The van der Waals surface area contributed by atoms with E-state index in [4.69, 9.17) is 9.84 Å². The Balaban J connectivity index is 4.65. The average Bonchev–Trinajstić information content (AvgIpc) is 2.41. The van der Waals surface area contributed by atoms with E-state index in [0.29, 0.717) is 12.8 Å². The van der Waals surface area contributed by atoms with Gasteiger partial charge in [-0.3, -0.25) is 9.59 Å². The Morgan fingerprint density at radius 2 is 1.95 bits per heavy atom. The third kappa shape index (κ3) is 6.70. The second-order valence-corrected chi connectivity index (χ2v) is 5.05. The Bertz CT molecular complexity index is 341. The van der Waals surface area contributed by atoms with Gasteiger partial charge in [-0.05, 0) is 26.2 Å². The number of allylic oxidation sites excluding steroid dienone is 1. The zero-order valence-electron chi connectivity index (χ0n) is 12.9. The van der Waals surface area contributed by atoms with Crippen LogP contribution in [0.2, 0.25) is 0 Å². The Kier molecular flexibility index (Phi) is 8.88. The van der Waals surface area contributed by atoms with Gasteiger partial charge in [0, 0.05) is 13.5 Å². The summed E-state index contributed by atoms with van der Waals surface area (Å²) in [7, 11) is 1.63. The zero-order valence-corrected chi connectivity index (χ0v) is 12.9. The summed E-state index contributed by atoms with van der Waals surface area (Å²) in [4.78, 5) is 22.3. The van der Waals surface area contributed by atoms with E-state index in [-0.39, 0.29) is 24.9 Å². The van der Waals surface area contributed by atoms with Crippen molar-refractivity contribution in [2.75, 3.05) is 7.11 Å². The highest BCUT2D eigenvalue weighted by Crippen LogP contribution is 2.21. The van der Waals surface area contributed by atoms with Crippen molar-refractivity contribution in [2.45, 2.75) is 64.5 Å². The number of hydrogen-bond acceptors (Lipinski definition) is 3. The maximum atomic E-state index is 11.8. The molecule has 0 bridgehead atoms. The molecule has 0 heterocycles. The van der Waals surface area contributed by atoms with Crippen LogP contribution in [0.15, 0.2) is 12.2 Å². The molecule has 0 aromatic rings. The number of aliphatic carboxylic acids is 1. The maximum absolute atomic E-state index is 11.8. The van der Waals surface area contributed by atoms with Gasteiger partial charge in [0.2, 0.25) is 5.91 Å². The van der Waals surface area contributed by atoms with Gasteiger partial charge in [0.15, 0.2) is 0 Å². The molecule has 2 atom stereocenters. The number of carboxylic acid groups (broad SMARTS) is 1. The van der Waals surface area contributed by atoms with Gasteiger partial charge in [0.25, 0.3) is 0 Å². The Labute approximate surface area is 121 Å². The summed E-state index contributed by atoms with van der Waals surface area (Å²) in [5.74, 6) is -1.22. The lowest BCUT2D eigenvalue weighted by Gasteiger charge is -2.36. The van der Waals surface area contributed by atoms with E-state index in [1.54, 1.807) is 7.11 Å². The Morgan fingerprint density at radius 1 is 1.30 bits per heavy atom. The molecule has 0 rings (SSSR count). The van der Waals surface area contributed by atoms with Crippen molar-refractivity contribution in [2.24, 2.45) is 0 Å². The molecule has 2 unspecified atom stereocenters. The zero-order chi connectivity index (χ0) is 15.6. The van der Waals surface area contributed by atoms with Crippen LogP contribution in [0.1, 0.15) is 52.9 Å². The van der Waals surface area contributed by atoms with Gasteiger partial charge in [0.05, 0.1) is 18.1 Å². The van der Waals surface area contributed by atoms with Crippen molar-refractivity contribution >= 4 is 11.9 Å². The number of ether oxygens (including phenoxy) is 1. The predicted molar refractivity (Wildman–Crippen MR) is 78.6 cm³/mol. The van der Waals surface area contributed by atoms with Crippen LogP contribution in [0.25, 0.3) is 0 Å². The number of amides is 1. The van der Waals surface area contributed by atoms with E-state index in [0.717, 1.165) is 6.42 Å².